The van der Waals surface area contributed by atoms with Crippen molar-refractivity contribution in [2.24, 2.45) is 10.7 Å². The van der Waals surface area contributed by atoms with Gasteiger partial charge in [-0.05, 0) is 24.3 Å². The lowest BCUT2D eigenvalue weighted by Crippen LogP contribution is -2.38. The Balaban J connectivity index is 0.00000180. The zero-order valence-electron chi connectivity index (χ0n) is 11.5. The van der Waals surface area contributed by atoms with Crippen LogP contribution in [0.4, 0.5) is 0 Å². The van der Waals surface area contributed by atoms with Crippen LogP contribution < -0.4 is 5.73 Å². The van der Waals surface area contributed by atoms with E-state index in [2.05, 4.69) is 34.3 Å². The Morgan fingerprint density at radius 1 is 1.37 bits per heavy atom. The summed E-state index contributed by atoms with van der Waals surface area (Å²) >= 11 is 1.80. The Morgan fingerprint density at radius 3 is 2.63 bits per heavy atom. The van der Waals surface area contributed by atoms with E-state index in [0.717, 1.165) is 25.6 Å². The molecule has 1 fully saturated rings. The quantitative estimate of drug-likeness (QED) is 0.484. The topological polar surface area (TPSA) is 41.6 Å². The van der Waals surface area contributed by atoms with Gasteiger partial charge in [0.15, 0.2) is 5.96 Å². The van der Waals surface area contributed by atoms with Crippen LogP contribution in [0.15, 0.2) is 22.5 Å². The van der Waals surface area contributed by atoms with Crippen LogP contribution in [-0.2, 0) is 0 Å². The molecule has 1 saturated heterocycles. The van der Waals surface area contributed by atoms with Crippen molar-refractivity contribution in [1.82, 2.24) is 4.90 Å². The Morgan fingerprint density at radius 2 is 2.05 bits per heavy atom. The maximum Gasteiger partial charge on any atom is 0.191 e. The summed E-state index contributed by atoms with van der Waals surface area (Å²) in [6, 6.07) is 4.27. The van der Waals surface area contributed by atoms with Crippen LogP contribution in [0.1, 0.15) is 43.4 Å². The van der Waals surface area contributed by atoms with Gasteiger partial charge in [-0.2, -0.15) is 0 Å². The van der Waals surface area contributed by atoms with E-state index >= 15 is 0 Å². The van der Waals surface area contributed by atoms with Gasteiger partial charge in [0.05, 0.1) is 6.54 Å². The molecule has 0 radical (unpaired) electrons. The fraction of sp³-hybridized carbons (Fsp3) is 0.643. The first-order valence-electron chi connectivity index (χ1n) is 6.85. The molecule has 2 N–H and O–H groups in total. The van der Waals surface area contributed by atoms with Crippen molar-refractivity contribution in [2.45, 2.75) is 38.5 Å². The van der Waals surface area contributed by atoms with Crippen LogP contribution in [0, 0.1) is 0 Å². The third-order valence-corrected chi connectivity index (χ3v) is 4.59. The molecule has 2 rings (SSSR count). The first kappa shape index (κ1) is 16.8. The summed E-state index contributed by atoms with van der Waals surface area (Å²) in [4.78, 5) is 8.21. The van der Waals surface area contributed by atoms with Gasteiger partial charge in [0.1, 0.15) is 0 Å². The van der Waals surface area contributed by atoms with E-state index in [0.29, 0.717) is 5.92 Å². The zero-order valence-corrected chi connectivity index (χ0v) is 14.7. The number of hydrogen-bond acceptors (Lipinski definition) is 2. The van der Waals surface area contributed by atoms with Crippen molar-refractivity contribution in [2.75, 3.05) is 19.6 Å². The van der Waals surface area contributed by atoms with Gasteiger partial charge < -0.3 is 10.6 Å². The number of nitrogens with two attached hydrogens (primary N) is 1. The highest BCUT2D eigenvalue weighted by Crippen LogP contribution is 2.20. The molecular formula is C14H24IN3S. The Hall–Kier alpha value is -0.300. The van der Waals surface area contributed by atoms with Gasteiger partial charge >= 0.3 is 0 Å². The lowest BCUT2D eigenvalue weighted by Gasteiger charge is -2.21. The molecule has 0 spiro atoms. The molecule has 0 aliphatic carbocycles. The summed E-state index contributed by atoms with van der Waals surface area (Å²) in [5.41, 5.74) is 6.10. The van der Waals surface area contributed by atoms with E-state index in [-0.39, 0.29) is 24.0 Å². The van der Waals surface area contributed by atoms with Crippen molar-refractivity contribution < 1.29 is 0 Å². The van der Waals surface area contributed by atoms with Crippen LogP contribution in [0.2, 0.25) is 0 Å². The Labute approximate surface area is 137 Å². The average Bonchev–Trinajstić information content (AvgIpc) is 2.78. The fourth-order valence-electron chi connectivity index (χ4n) is 2.29. The minimum Gasteiger partial charge on any atom is -0.370 e. The molecule has 1 aromatic heterocycles. The highest BCUT2D eigenvalue weighted by atomic mass is 127. The summed E-state index contributed by atoms with van der Waals surface area (Å²) in [5, 5.41) is 2.12. The molecular weight excluding hydrogens is 369 g/mol. The second kappa shape index (κ2) is 8.79. The molecule has 19 heavy (non-hydrogen) atoms. The molecule has 1 aromatic rings. The Bertz CT molecular complexity index is 370. The number of nitrogens with zero attached hydrogens (tertiary/aromatic N) is 2. The highest BCUT2D eigenvalue weighted by molar-refractivity contribution is 14.0. The number of guanidine groups is 1. The highest BCUT2D eigenvalue weighted by Gasteiger charge is 2.12. The van der Waals surface area contributed by atoms with Gasteiger partial charge in [-0.3, -0.25) is 4.99 Å². The molecule has 0 saturated carbocycles. The maximum absolute atomic E-state index is 6.10. The largest absolute Gasteiger partial charge is 0.370 e. The monoisotopic (exact) mass is 393 g/mol. The minimum absolute atomic E-state index is 0. The van der Waals surface area contributed by atoms with E-state index in [1.54, 1.807) is 11.3 Å². The van der Waals surface area contributed by atoms with E-state index in [9.17, 15) is 0 Å². The normalized spacial score (nSPS) is 18.6. The summed E-state index contributed by atoms with van der Waals surface area (Å²) < 4.78 is 0. The molecule has 1 unspecified atom stereocenters. The van der Waals surface area contributed by atoms with Gasteiger partial charge in [-0.15, -0.1) is 35.3 Å². The fourth-order valence-corrected chi connectivity index (χ4v) is 3.07. The number of halogens is 1. The number of thiophene rings is 1. The van der Waals surface area contributed by atoms with E-state index in [4.69, 9.17) is 5.73 Å². The molecule has 0 aromatic carbocycles. The summed E-state index contributed by atoms with van der Waals surface area (Å²) in [5.74, 6) is 1.20. The summed E-state index contributed by atoms with van der Waals surface area (Å²) in [6.45, 7) is 5.15. The standard InChI is InChI=1S/C14H23N3S.HI/c1-12(13-7-6-10-18-13)11-16-14(15)17-8-4-2-3-5-9-17;/h6-7,10,12H,2-5,8-9,11H2,1H3,(H2,15,16);1H. The van der Waals surface area contributed by atoms with Gasteiger partial charge in [0.25, 0.3) is 0 Å². The Kier molecular flexibility index (Phi) is 7.75. The third kappa shape index (κ3) is 5.30. The number of hydrogen-bond donors (Lipinski definition) is 1. The van der Waals surface area contributed by atoms with Gasteiger partial charge in [-0.1, -0.05) is 25.8 Å². The first-order chi connectivity index (χ1) is 8.77. The minimum atomic E-state index is 0. The second-order valence-corrected chi connectivity index (χ2v) is 6.00. The summed E-state index contributed by atoms with van der Waals surface area (Å²) in [7, 11) is 0. The van der Waals surface area contributed by atoms with Crippen LogP contribution in [-0.4, -0.2) is 30.5 Å². The summed E-state index contributed by atoms with van der Waals surface area (Å²) in [6.07, 6.45) is 5.15. The molecule has 0 bridgehead atoms. The van der Waals surface area contributed by atoms with E-state index in [1.807, 2.05) is 0 Å². The van der Waals surface area contributed by atoms with Crippen molar-refractivity contribution in [3.8, 4) is 0 Å². The second-order valence-electron chi connectivity index (χ2n) is 5.02. The average molecular weight is 393 g/mol. The van der Waals surface area contributed by atoms with Crippen molar-refractivity contribution in [3.05, 3.63) is 22.4 Å². The van der Waals surface area contributed by atoms with Crippen LogP contribution in [0.25, 0.3) is 0 Å². The smallest absolute Gasteiger partial charge is 0.191 e. The van der Waals surface area contributed by atoms with Crippen molar-refractivity contribution in [1.29, 1.82) is 0 Å². The lowest BCUT2D eigenvalue weighted by atomic mass is 10.1. The molecule has 3 nitrogen and oxygen atoms in total. The molecule has 1 aliphatic heterocycles. The molecule has 5 heteroatoms. The van der Waals surface area contributed by atoms with E-state index < -0.39 is 0 Å². The van der Waals surface area contributed by atoms with Gasteiger partial charge in [0.2, 0.25) is 0 Å². The van der Waals surface area contributed by atoms with Crippen LogP contribution in [0.5, 0.6) is 0 Å². The van der Waals surface area contributed by atoms with Gasteiger partial charge in [0, 0.05) is 23.9 Å². The SMILES string of the molecule is CC(CN=C(N)N1CCCCCC1)c1cccs1.I. The zero-order chi connectivity index (χ0) is 12.8. The predicted molar refractivity (Wildman–Crippen MR) is 94.7 cm³/mol. The molecule has 108 valence electrons. The number of aliphatic imine (C=N–C) groups is 1. The van der Waals surface area contributed by atoms with Crippen LogP contribution in [0.3, 0.4) is 0 Å². The molecule has 1 aliphatic rings. The first-order valence-corrected chi connectivity index (χ1v) is 7.73. The van der Waals surface area contributed by atoms with Crippen molar-refractivity contribution in [3.63, 3.8) is 0 Å². The number of likely N-dealkylation sites (tertiary alicyclic amines) is 1. The van der Waals surface area contributed by atoms with Crippen LogP contribution >= 0.6 is 35.3 Å². The maximum atomic E-state index is 6.10. The lowest BCUT2D eigenvalue weighted by molar-refractivity contribution is 0.428. The third-order valence-electron chi connectivity index (χ3n) is 3.49. The molecule has 0 amide bonds. The number of rotatable bonds is 3. The van der Waals surface area contributed by atoms with E-state index in [1.165, 1.54) is 30.6 Å². The predicted octanol–water partition coefficient (Wildman–Crippen LogP) is 3.66. The van der Waals surface area contributed by atoms with Crippen molar-refractivity contribution >= 4 is 41.3 Å². The molecule has 1 atom stereocenters. The molecule has 2 heterocycles. The van der Waals surface area contributed by atoms with Gasteiger partial charge in [-0.25, -0.2) is 0 Å².